The molecule has 44 aliphatic rings. The Morgan fingerprint density at radius 2 is 0.841 bits per heavy atom. The zero-order valence-corrected chi connectivity index (χ0v) is 48.4. The SMILES string of the molecule is C1CCC2CCCCC3C4C5C6C2C27CCC(C1)C1CCC28C29CCC1C1CCC2%10C2C%11%12CCC(CC%13CCCC%14C%15C%16C%17CC%18C%19C%20C%21C%22C%23C%24C3C43C54C67C85C46C%243C%233C%224C%217C%208C%19%20C%17%18C%16%17C%15%16C%14(CC%13)C%11C%16%11C%12%13C2%12C%102C95C36C42C7%12C8%13C%17%20%11)C1. The highest BCUT2D eigenvalue weighted by Crippen LogP contribution is 3.72. The molecule has 44 aliphatic carbocycles. The molecule has 0 saturated heterocycles. The van der Waals surface area contributed by atoms with Crippen molar-refractivity contribution in [3.8, 4) is 0 Å². The Morgan fingerprint density at radius 1 is 0.232 bits per heavy atom. The largest absolute Gasteiger partial charge is 0.0530 e. The summed E-state index contributed by atoms with van der Waals surface area (Å²) in [5.41, 5.74) is 30.3. The average molecular weight is 1060 g/mol. The van der Waals surface area contributed by atoms with Crippen molar-refractivity contribution < 1.29 is 0 Å². The second-order valence-corrected chi connectivity index (χ2v) is 47.7. The maximum absolute atomic E-state index is 1.97. The molecule has 44 saturated carbocycles. The Bertz CT molecular complexity index is 4630. The third kappa shape index (κ3) is 1.05. The summed E-state index contributed by atoms with van der Waals surface area (Å²) in [6, 6.07) is 0. The normalized spacial score (nSPS) is 112. The fourth-order valence-corrected chi connectivity index (χ4v) is 72.6. The van der Waals surface area contributed by atoms with E-state index in [0.29, 0.717) is 0 Å². The first-order chi connectivity index (χ1) is 40.7. The fourth-order valence-electron chi connectivity index (χ4n) is 72.6. The Balaban J connectivity index is 0.696. The summed E-state index contributed by atoms with van der Waals surface area (Å²) in [6.07, 6.45) is 47.1. The molecule has 0 aromatic rings. The van der Waals surface area contributed by atoms with E-state index in [9.17, 15) is 0 Å². The van der Waals surface area contributed by atoms with Crippen molar-refractivity contribution in [2.75, 3.05) is 0 Å². The minimum absolute atomic E-state index is 0.880. The molecule has 0 aromatic heterocycles. The van der Waals surface area contributed by atoms with Crippen molar-refractivity contribution in [1.29, 1.82) is 0 Å². The zero-order chi connectivity index (χ0) is 48.4. The van der Waals surface area contributed by atoms with Crippen molar-refractivity contribution in [3.63, 3.8) is 0 Å². The maximum Gasteiger partial charge on any atom is -0.000396 e. The van der Waals surface area contributed by atoms with Gasteiger partial charge < -0.3 is 0 Å². The highest BCUT2D eigenvalue weighted by atomic mass is 15.7. The minimum Gasteiger partial charge on any atom is -0.0530 e. The molecule has 0 aromatic carbocycles. The number of rotatable bonds is 0. The summed E-state index contributed by atoms with van der Waals surface area (Å²) in [5, 5.41) is 0. The first-order valence-electron chi connectivity index (χ1n) is 40.7. The van der Waals surface area contributed by atoms with Crippen LogP contribution in [-0.2, 0) is 0 Å². The van der Waals surface area contributed by atoms with Gasteiger partial charge in [-0.25, -0.2) is 0 Å². The van der Waals surface area contributed by atoms with E-state index in [0.717, 1.165) is 192 Å². The third-order valence-electron chi connectivity index (χ3n) is 59.3. The van der Waals surface area contributed by atoms with Gasteiger partial charge in [0.2, 0.25) is 0 Å². The molecule has 12 bridgehead atoms. The van der Waals surface area contributed by atoms with Crippen molar-refractivity contribution in [1.82, 2.24) is 0 Å². The van der Waals surface area contributed by atoms with E-state index < -0.39 is 0 Å². The predicted octanol–water partition coefficient (Wildman–Crippen LogP) is 13.3. The summed E-state index contributed by atoms with van der Waals surface area (Å²) in [5.74, 6) is 33.7. The topological polar surface area (TPSA) is 0 Å². The zero-order valence-electron chi connectivity index (χ0n) is 48.4. The Labute approximate surface area is 480 Å². The molecule has 30 spiro atoms. The van der Waals surface area contributed by atoms with Crippen LogP contribution in [0.4, 0.5) is 0 Å². The molecule has 0 amide bonds. The van der Waals surface area contributed by atoms with E-state index in [1.54, 1.807) is 89.9 Å². The van der Waals surface area contributed by atoms with Crippen LogP contribution in [0.2, 0.25) is 0 Å². The summed E-state index contributed by atoms with van der Waals surface area (Å²) < 4.78 is 0. The quantitative estimate of drug-likeness (QED) is 0.227. The highest BCUT2D eigenvalue weighted by Gasteiger charge is 3.71. The molecular weight excluding hydrogens is 985 g/mol. The molecule has 0 radical (unpaired) electrons. The van der Waals surface area contributed by atoms with Gasteiger partial charge in [0.25, 0.3) is 0 Å². The molecule has 0 heterocycles. The van der Waals surface area contributed by atoms with Gasteiger partial charge in [0, 0.05) is 0 Å². The van der Waals surface area contributed by atoms with Crippen LogP contribution >= 0.6 is 0 Å². The minimum atomic E-state index is 0.880. The molecule has 0 aliphatic heterocycles. The van der Waals surface area contributed by atoms with Gasteiger partial charge in [-0.1, -0.05) is 57.8 Å². The van der Waals surface area contributed by atoms with Gasteiger partial charge in [0.15, 0.2) is 0 Å². The van der Waals surface area contributed by atoms with Crippen LogP contribution < -0.4 is 0 Å². The number of hydrogen-bond donors (Lipinski definition) is 0. The average Bonchev–Trinajstić information content (AvgIpc) is 0.423. The Morgan fingerprint density at radius 3 is 1.71 bits per heavy atom. The summed E-state index contributed by atoms with van der Waals surface area (Å²) >= 11 is 0. The summed E-state index contributed by atoms with van der Waals surface area (Å²) in [7, 11) is 0. The first-order valence-corrected chi connectivity index (χ1v) is 40.7. The van der Waals surface area contributed by atoms with Crippen molar-refractivity contribution in [3.05, 3.63) is 0 Å². The maximum atomic E-state index is 1.97. The van der Waals surface area contributed by atoms with Gasteiger partial charge in [0.1, 0.15) is 0 Å². The number of hydrogen-bond acceptors (Lipinski definition) is 0. The van der Waals surface area contributed by atoms with Gasteiger partial charge in [-0.15, -0.1) is 0 Å². The van der Waals surface area contributed by atoms with E-state index in [2.05, 4.69) is 0 Å². The molecule has 0 nitrogen and oxygen atoms in total. The van der Waals surface area contributed by atoms with Crippen molar-refractivity contribution >= 4 is 0 Å². The second-order valence-electron chi connectivity index (χ2n) is 47.7. The second kappa shape index (κ2) is 6.43. The number of fused-ring (bicyclic) bond motifs is 26. The summed E-state index contributed by atoms with van der Waals surface area (Å²) in [4.78, 5) is 0. The van der Waals surface area contributed by atoms with Gasteiger partial charge in [0.05, 0.1) is 0 Å². The third-order valence-corrected chi connectivity index (χ3v) is 59.3. The van der Waals surface area contributed by atoms with Crippen molar-refractivity contribution in [2.24, 2.45) is 316 Å². The van der Waals surface area contributed by atoms with Crippen LogP contribution in [0.3, 0.4) is 0 Å². The highest BCUT2D eigenvalue weighted by molar-refractivity contribution is 6.15. The van der Waals surface area contributed by atoms with Gasteiger partial charge in [-0.2, -0.15) is 0 Å². The van der Waals surface area contributed by atoms with Crippen LogP contribution in [0, 0.1) is 316 Å². The van der Waals surface area contributed by atoms with Crippen LogP contribution in [0.25, 0.3) is 0 Å². The Kier molecular flexibility index (Phi) is 2.70. The first kappa shape index (κ1) is 34.4. The lowest BCUT2D eigenvalue weighted by molar-refractivity contribution is -1.24. The van der Waals surface area contributed by atoms with Gasteiger partial charge in [-0.3, -0.25) is 0 Å². The van der Waals surface area contributed by atoms with Gasteiger partial charge >= 0.3 is 0 Å². The van der Waals surface area contributed by atoms with E-state index in [4.69, 9.17) is 0 Å². The molecule has 44 rings (SSSR count). The fraction of sp³-hybridized carbons (Fsp3) is 1.00. The van der Waals surface area contributed by atoms with E-state index in [1.165, 1.54) is 124 Å². The van der Waals surface area contributed by atoms with Crippen LogP contribution in [0.5, 0.6) is 0 Å². The summed E-state index contributed by atoms with van der Waals surface area (Å²) in [6.45, 7) is 0. The predicted molar refractivity (Wildman–Crippen MR) is 284 cm³/mol. The molecule has 0 heteroatoms. The van der Waals surface area contributed by atoms with Crippen LogP contribution in [0.15, 0.2) is 0 Å². The lowest BCUT2D eigenvalue weighted by Gasteiger charge is -3.68. The van der Waals surface area contributed by atoms with Crippen LogP contribution in [0.1, 0.15) is 167 Å². The molecule has 82 heavy (non-hydrogen) atoms. The van der Waals surface area contributed by atoms with Gasteiger partial charge in [-0.05, 0) is 425 Å². The van der Waals surface area contributed by atoms with E-state index in [-0.39, 0.29) is 0 Å². The lowest BCUT2D eigenvalue weighted by Crippen LogP contribution is -3.67. The molecule has 44 fully saturated rings. The standard InChI is InChI=1S/C82H78/c1-2-8-30-9-3-4-10-34-39-45-44-38(30)55-20-14-29(7-1)32-16-22-57(55)58-23-17-33(32)31-15-21-56(58)52-54-19-13-28(25-31)24-27-6-5-11-35-41-42-36-26-37-43-47-49-50-48-46-40(34)60(39)65(45)62(44,55)75(57)76(58)74(56)72(52)73(54)71-51(54)53(35,18-12-27)61(41,71)63(42)59(36,37)64(43)67(47)69(49)70(50)68(48)66(46,60)78(65,75)82(68,76)81(70,74)79(69,72)80(67,73)77(63,64)71/h27-52H,1-26H2. The van der Waals surface area contributed by atoms with E-state index >= 15 is 0 Å². The van der Waals surface area contributed by atoms with Crippen molar-refractivity contribution in [2.45, 2.75) is 167 Å². The molecular formula is C82H78. The lowest BCUT2D eigenvalue weighted by atomic mass is 8.34. The van der Waals surface area contributed by atoms with E-state index in [1.807, 2.05) is 77.0 Å². The monoisotopic (exact) mass is 1060 g/mol. The Hall–Kier alpha value is 0. The molecule has 56 unspecified atom stereocenters. The molecule has 406 valence electrons. The molecule has 0 N–H and O–H groups in total. The van der Waals surface area contributed by atoms with Crippen LogP contribution in [-0.4, -0.2) is 0 Å². The molecule has 56 atom stereocenters. The smallest absolute Gasteiger partial charge is 0.000396 e.